The molecule has 3 aliphatic rings. The number of hydrogen-bond acceptors (Lipinski definition) is 3. The molecule has 118 valence electrons. The molecule has 0 unspecified atom stereocenters. The lowest BCUT2D eigenvalue weighted by Gasteiger charge is -2.24. The number of nitrogens with zero attached hydrogens (tertiary/aromatic N) is 1. The van der Waals surface area contributed by atoms with Crippen LogP contribution in [0.1, 0.15) is 37.9 Å². The van der Waals surface area contributed by atoms with Crippen molar-refractivity contribution < 1.29 is 14.0 Å². The van der Waals surface area contributed by atoms with Crippen LogP contribution in [0.3, 0.4) is 0 Å². The summed E-state index contributed by atoms with van der Waals surface area (Å²) in [6, 6.07) is 4.02. The molecule has 1 N–H and O–H groups in total. The van der Waals surface area contributed by atoms with Gasteiger partial charge in [-0.1, -0.05) is 6.42 Å². The predicted molar refractivity (Wildman–Crippen MR) is 79.6 cm³/mol. The van der Waals surface area contributed by atoms with Crippen LogP contribution in [-0.2, 0) is 16.1 Å². The Kier molecular flexibility index (Phi) is 3.43. The number of hydrogen-bond donors (Lipinski definition) is 1. The van der Waals surface area contributed by atoms with E-state index in [0.717, 1.165) is 18.1 Å². The van der Waals surface area contributed by atoms with Gasteiger partial charge in [0.05, 0.1) is 18.7 Å². The van der Waals surface area contributed by atoms with Crippen LogP contribution in [0.4, 0.5) is 0 Å². The maximum absolute atomic E-state index is 12.5. The average molecular weight is 302 g/mol. The second-order valence-corrected chi connectivity index (χ2v) is 7.04. The first-order valence-electron chi connectivity index (χ1n) is 8.29. The van der Waals surface area contributed by atoms with Gasteiger partial charge in [-0.2, -0.15) is 0 Å². The molecule has 3 fully saturated rings. The van der Waals surface area contributed by atoms with Crippen molar-refractivity contribution in [1.82, 2.24) is 10.2 Å². The van der Waals surface area contributed by atoms with Gasteiger partial charge in [0.15, 0.2) is 0 Å². The number of carbonyl (C=O) groups excluding carboxylic acids is 2. The van der Waals surface area contributed by atoms with E-state index in [4.69, 9.17) is 4.42 Å². The standard InChI is InChI=1S/C17H22N2O3/c20-16-8-13(9-19(16)10-14-2-1-5-22-14)17(21)18-15-7-11-3-4-12(15)6-11/h1-2,5,11-13,15H,3-4,6-10H2,(H,18,21)/t11-,12-,13-,15-/m1/s1. The van der Waals surface area contributed by atoms with Gasteiger partial charge < -0.3 is 14.6 Å². The topological polar surface area (TPSA) is 62.6 Å². The molecule has 2 heterocycles. The molecule has 2 amide bonds. The van der Waals surface area contributed by atoms with Crippen LogP contribution >= 0.6 is 0 Å². The summed E-state index contributed by atoms with van der Waals surface area (Å²) >= 11 is 0. The van der Waals surface area contributed by atoms with Gasteiger partial charge in [-0.15, -0.1) is 0 Å². The third-order valence-electron chi connectivity index (χ3n) is 5.58. The van der Waals surface area contributed by atoms with Crippen molar-refractivity contribution in [3.63, 3.8) is 0 Å². The van der Waals surface area contributed by atoms with Gasteiger partial charge in [0.25, 0.3) is 0 Å². The summed E-state index contributed by atoms with van der Waals surface area (Å²) in [6.07, 6.45) is 6.93. The van der Waals surface area contributed by atoms with Crippen LogP contribution in [0, 0.1) is 17.8 Å². The van der Waals surface area contributed by atoms with Crippen molar-refractivity contribution in [1.29, 1.82) is 0 Å². The molecule has 4 atom stereocenters. The summed E-state index contributed by atoms with van der Waals surface area (Å²) in [4.78, 5) is 26.3. The van der Waals surface area contributed by atoms with Crippen molar-refractivity contribution in [2.75, 3.05) is 6.54 Å². The lowest BCUT2D eigenvalue weighted by Crippen LogP contribution is -2.42. The maximum Gasteiger partial charge on any atom is 0.225 e. The second-order valence-electron chi connectivity index (χ2n) is 7.04. The molecular formula is C17H22N2O3. The fourth-order valence-corrected chi connectivity index (χ4v) is 4.41. The minimum absolute atomic E-state index is 0.0458. The molecule has 1 saturated heterocycles. The van der Waals surface area contributed by atoms with Gasteiger partial charge in [-0.25, -0.2) is 0 Å². The minimum atomic E-state index is -0.207. The molecular weight excluding hydrogens is 280 g/mol. The summed E-state index contributed by atoms with van der Waals surface area (Å²) in [7, 11) is 0. The van der Waals surface area contributed by atoms with Crippen LogP contribution in [0.2, 0.25) is 0 Å². The summed E-state index contributed by atoms with van der Waals surface area (Å²) in [5.74, 6) is 2.16. The summed E-state index contributed by atoms with van der Waals surface area (Å²) in [6.45, 7) is 0.968. The Morgan fingerprint density at radius 2 is 2.27 bits per heavy atom. The Balaban J connectivity index is 1.33. The van der Waals surface area contributed by atoms with Crippen molar-refractivity contribution in [3.05, 3.63) is 24.2 Å². The monoisotopic (exact) mass is 302 g/mol. The number of carbonyl (C=O) groups is 2. The Morgan fingerprint density at radius 3 is 2.95 bits per heavy atom. The number of likely N-dealkylation sites (tertiary alicyclic amines) is 1. The van der Waals surface area contributed by atoms with E-state index >= 15 is 0 Å². The van der Waals surface area contributed by atoms with E-state index < -0.39 is 0 Å². The average Bonchev–Trinajstić information content (AvgIpc) is 3.25. The van der Waals surface area contributed by atoms with Crippen LogP contribution in [0.5, 0.6) is 0 Å². The normalized spacial score (nSPS) is 33.6. The first-order valence-corrected chi connectivity index (χ1v) is 8.29. The smallest absolute Gasteiger partial charge is 0.225 e. The van der Waals surface area contributed by atoms with E-state index in [-0.39, 0.29) is 17.7 Å². The van der Waals surface area contributed by atoms with E-state index in [1.165, 1.54) is 19.3 Å². The SMILES string of the molecule is O=C(N[C@@H]1C[C@@H]2CC[C@@H]1C2)[C@@H]1CC(=O)N(Cc2ccco2)C1. The van der Waals surface area contributed by atoms with Gasteiger partial charge >= 0.3 is 0 Å². The molecule has 2 aliphatic carbocycles. The quantitative estimate of drug-likeness (QED) is 0.924. The van der Waals surface area contributed by atoms with Crippen LogP contribution in [0.25, 0.3) is 0 Å². The highest BCUT2D eigenvalue weighted by Gasteiger charge is 2.42. The molecule has 5 nitrogen and oxygen atoms in total. The Bertz CT molecular complexity index is 568. The number of amides is 2. The third-order valence-corrected chi connectivity index (χ3v) is 5.58. The summed E-state index contributed by atoms with van der Waals surface area (Å²) in [5, 5.41) is 3.21. The zero-order chi connectivity index (χ0) is 15.1. The molecule has 0 aromatic carbocycles. The van der Waals surface area contributed by atoms with E-state index in [0.29, 0.717) is 31.5 Å². The lowest BCUT2D eigenvalue weighted by molar-refractivity contribution is -0.129. The van der Waals surface area contributed by atoms with Gasteiger partial charge in [-0.05, 0) is 43.2 Å². The number of fused-ring (bicyclic) bond motifs is 2. The van der Waals surface area contributed by atoms with Crippen molar-refractivity contribution in [3.8, 4) is 0 Å². The highest BCUT2D eigenvalue weighted by atomic mass is 16.3. The van der Waals surface area contributed by atoms with Gasteiger partial charge in [0.1, 0.15) is 5.76 Å². The molecule has 0 radical (unpaired) electrons. The molecule has 2 saturated carbocycles. The molecule has 1 aromatic heterocycles. The van der Waals surface area contributed by atoms with Crippen molar-refractivity contribution in [2.45, 2.75) is 44.7 Å². The Hall–Kier alpha value is -1.78. The highest BCUT2D eigenvalue weighted by molar-refractivity contribution is 5.89. The summed E-state index contributed by atoms with van der Waals surface area (Å²) in [5.41, 5.74) is 0. The van der Waals surface area contributed by atoms with Crippen LogP contribution < -0.4 is 5.32 Å². The largest absolute Gasteiger partial charge is 0.467 e. The van der Waals surface area contributed by atoms with E-state index in [9.17, 15) is 9.59 Å². The van der Waals surface area contributed by atoms with Gasteiger partial charge in [0, 0.05) is 19.0 Å². The number of rotatable bonds is 4. The molecule has 1 aliphatic heterocycles. The Labute approximate surface area is 130 Å². The first-order chi connectivity index (χ1) is 10.7. The van der Waals surface area contributed by atoms with Crippen molar-refractivity contribution in [2.24, 2.45) is 17.8 Å². The molecule has 22 heavy (non-hydrogen) atoms. The van der Waals surface area contributed by atoms with Crippen LogP contribution in [0.15, 0.2) is 22.8 Å². The molecule has 0 spiro atoms. The second kappa shape index (κ2) is 5.45. The Morgan fingerprint density at radius 1 is 1.36 bits per heavy atom. The van der Waals surface area contributed by atoms with Crippen molar-refractivity contribution >= 4 is 11.8 Å². The van der Waals surface area contributed by atoms with Crippen LogP contribution in [-0.4, -0.2) is 29.3 Å². The van der Waals surface area contributed by atoms with E-state index in [1.54, 1.807) is 11.2 Å². The number of furan rings is 1. The lowest BCUT2D eigenvalue weighted by atomic mass is 9.94. The highest BCUT2D eigenvalue weighted by Crippen LogP contribution is 2.44. The zero-order valence-electron chi connectivity index (χ0n) is 12.7. The summed E-state index contributed by atoms with van der Waals surface area (Å²) < 4.78 is 5.29. The van der Waals surface area contributed by atoms with Gasteiger partial charge in [0.2, 0.25) is 11.8 Å². The fourth-order valence-electron chi connectivity index (χ4n) is 4.41. The van der Waals surface area contributed by atoms with E-state index in [2.05, 4.69) is 5.32 Å². The fraction of sp³-hybridized carbons (Fsp3) is 0.647. The van der Waals surface area contributed by atoms with E-state index in [1.807, 2.05) is 12.1 Å². The molecule has 1 aromatic rings. The maximum atomic E-state index is 12.5. The molecule has 4 rings (SSSR count). The molecule has 5 heteroatoms. The first kappa shape index (κ1) is 13.9. The predicted octanol–water partition coefficient (Wildman–Crippen LogP) is 1.93. The number of nitrogens with one attached hydrogen (secondary N) is 1. The third kappa shape index (κ3) is 2.53. The minimum Gasteiger partial charge on any atom is -0.467 e. The zero-order valence-corrected chi connectivity index (χ0v) is 12.7. The van der Waals surface area contributed by atoms with Gasteiger partial charge in [-0.3, -0.25) is 9.59 Å². The molecule has 2 bridgehead atoms.